The van der Waals surface area contributed by atoms with E-state index in [-0.39, 0.29) is 6.10 Å². The van der Waals surface area contributed by atoms with Gasteiger partial charge in [0.1, 0.15) is 0 Å². The van der Waals surface area contributed by atoms with E-state index in [1.165, 1.54) is 15.6 Å². The minimum Gasteiger partial charge on any atom is -0.390 e. The summed E-state index contributed by atoms with van der Waals surface area (Å²) in [4.78, 5) is 10.6. The second-order valence-corrected chi connectivity index (χ2v) is 6.61. The van der Waals surface area contributed by atoms with Crippen molar-refractivity contribution in [3.8, 4) is 0 Å². The van der Waals surface area contributed by atoms with Crippen LogP contribution in [0, 0.1) is 10.1 Å². The third-order valence-electron chi connectivity index (χ3n) is 3.75. The quantitative estimate of drug-likeness (QED) is 0.449. The lowest BCUT2D eigenvalue weighted by Crippen LogP contribution is -2.50. The van der Waals surface area contributed by atoms with Gasteiger partial charge in [-0.15, -0.1) is 21.5 Å². The third-order valence-corrected chi connectivity index (χ3v) is 4.65. The summed E-state index contributed by atoms with van der Waals surface area (Å²) in [5, 5.41) is 26.3. The zero-order valence-electron chi connectivity index (χ0n) is 13.3. The molecule has 0 unspecified atom stereocenters. The first-order valence-corrected chi connectivity index (χ1v) is 8.70. The molecule has 1 aromatic carbocycles. The highest BCUT2D eigenvalue weighted by Crippen LogP contribution is 2.21. The fraction of sp³-hybridized carbons (Fsp3) is 0.500. The average molecular weight is 354 g/mol. The Kier molecular flexibility index (Phi) is 7.38. The van der Waals surface area contributed by atoms with E-state index in [9.17, 15) is 5.11 Å². The molecule has 3 rings (SSSR count). The van der Waals surface area contributed by atoms with E-state index in [0.717, 1.165) is 45.7 Å². The molecule has 0 bridgehead atoms. The lowest BCUT2D eigenvalue weighted by Gasteiger charge is -2.35. The number of nitrogens with zero attached hydrogens (tertiary/aromatic N) is 2. The highest BCUT2D eigenvalue weighted by atomic mass is 32.1. The van der Waals surface area contributed by atoms with Crippen LogP contribution in [0.3, 0.4) is 0 Å². The van der Waals surface area contributed by atoms with Crippen LogP contribution in [0.5, 0.6) is 0 Å². The molecule has 7 nitrogen and oxygen atoms in total. The first kappa shape index (κ1) is 18.6. The molecule has 2 aromatic rings. The standard InChI is InChI=1S/C16H21NO2S.HNO3/c18-15-11-17(12-15)6-1-7-19-8-4-13-2-3-16-14(10-13)5-9-20-16;2-1(3)4/h2-3,5,9-10,15,18H,1,4,6-8,11-12H2;(H,2,3,4). The van der Waals surface area contributed by atoms with Gasteiger partial charge >= 0.3 is 0 Å². The molecule has 1 fully saturated rings. The van der Waals surface area contributed by atoms with E-state index in [2.05, 4.69) is 34.5 Å². The molecule has 8 heteroatoms. The molecule has 0 spiro atoms. The van der Waals surface area contributed by atoms with Crippen LogP contribution in [0.15, 0.2) is 29.6 Å². The molecule has 1 aromatic heterocycles. The molecule has 132 valence electrons. The number of aliphatic hydroxyl groups excluding tert-OH is 1. The van der Waals surface area contributed by atoms with Crippen LogP contribution >= 0.6 is 11.3 Å². The first-order chi connectivity index (χ1) is 11.5. The monoisotopic (exact) mass is 354 g/mol. The number of fused-ring (bicyclic) bond motifs is 1. The van der Waals surface area contributed by atoms with Gasteiger partial charge in [-0.3, -0.25) is 4.90 Å². The summed E-state index contributed by atoms with van der Waals surface area (Å²) in [6.07, 6.45) is 1.94. The predicted octanol–water partition coefficient (Wildman–Crippen LogP) is 2.18. The second-order valence-electron chi connectivity index (χ2n) is 5.66. The van der Waals surface area contributed by atoms with Crippen LogP contribution in [0.4, 0.5) is 0 Å². The summed E-state index contributed by atoms with van der Waals surface area (Å²) in [6, 6.07) is 8.83. The van der Waals surface area contributed by atoms with Gasteiger partial charge in [-0.1, -0.05) is 12.1 Å². The molecule has 0 saturated carbocycles. The molecule has 0 aliphatic carbocycles. The molecule has 1 saturated heterocycles. The van der Waals surface area contributed by atoms with Crippen LogP contribution < -0.4 is 0 Å². The Balaban J connectivity index is 0.000000471. The Morgan fingerprint density at radius 1 is 1.33 bits per heavy atom. The maximum Gasteiger partial charge on any atom is 0.291 e. The van der Waals surface area contributed by atoms with Crippen molar-refractivity contribution in [2.24, 2.45) is 0 Å². The van der Waals surface area contributed by atoms with Crippen LogP contribution in [0.1, 0.15) is 12.0 Å². The topological polar surface area (TPSA) is 96.1 Å². The van der Waals surface area contributed by atoms with E-state index in [0.29, 0.717) is 0 Å². The number of ether oxygens (including phenoxy) is 1. The van der Waals surface area contributed by atoms with Crippen molar-refractivity contribution >= 4 is 21.4 Å². The van der Waals surface area contributed by atoms with Gasteiger partial charge < -0.3 is 15.1 Å². The highest BCUT2D eigenvalue weighted by Gasteiger charge is 2.22. The van der Waals surface area contributed by atoms with Crippen LogP contribution in [-0.2, 0) is 11.2 Å². The molecule has 2 heterocycles. The van der Waals surface area contributed by atoms with Crippen molar-refractivity contribution in [3.63, 3.8) is 0 Å². The normalized spacial score (nSPS) is 14.9. The maximum atomic E-state index is 9.17. The SMILES string of the molecule is O=[N+]([O-])O.OC1CN(CCCOCCc2ccc3sccc3c2)C1. The fourth-order valence-corrected chi connectivity index (χ4v) is 3.35. The summed E-state index contributed by atoms with van der Waals surface area (Å²) in [7, 11) is 0. The number of hydrogen-bond donors (Lipinski definition) is 2. The van der Waals surface area contributed by atoms with Gasteiger partial charge in [0.25, 0.3) is 5.09 Å². The Bertz CT molecular complexity index is 638. The summed E-state index contributed by atoms with van der Waals surface area (Å²) in [5.41, 5.74) is 1.35. The molecule has 0 radical (unpaired) electrons. The Morgan fingerprint density at radius 2 is 2.08 bits per heavy atom. The smallest absolute Gasteiger partial charge is 0.291 e. The second kappa shape index (κ2) is 9.53. The van der Waals surface area contributed by atoms with E-state index in [1.807, 2.05) is 0 Å². The van der Waals surface area contributed by atoms with Gasteiger partial charge in [0.05, 0.1) is 12.7 Å². The number of thiophene rings is 1. The number of hydrogen-bond acceptors (Lipinski definition) is 6. The van der Waals surface area contributed by atoms with Crippen LogP contribution in [-0.4, -0.2) is 59.3 Å². The van der Waals surface area contributed by atoms with Crippen molar-refractivity contribution in [3.05, 3.63) is 45.3 Å². The Labute approximate surface area is 144 Å². The van der Waals surface area contributed by atoms with Crippen molar-refractivity contribution in [2.45, 2.75) is 18.9 Å². The zero-order valence-corrected chi connectivity index (χ0v) is 14.2. The maximum absolute atomic E-state index is 9.17. The Morgan fingerprint density at radius 3 is 2.79 bits per heavy atom. The van der Waals surface area contributed by atoms with Crippen molar-refractivity contribution < 1.29 is 20.1 Å². The molecule has 2 N–H and O–H groups in total. The van der Waals surface area contributed by atoms with Gasteiger partial charge in [0.15, 0.2) is 0 Å². The van der Waals surface area contributed by atoms with E-state index >= 15 is 0 Å². The van der Waals surface area contributed by atoms with Gasteiger partial charge in [-0.25, -0.2) is 0 Å². The minimum absolute atomic E-state index is 0.0945. The first-order valence-electron chi connectivity index (χ1n) is 7.82. The van der Waals surface area contributed by atoms with Crippen molar-refractivity contribution in [1.82, 2.24) is 4.90 Å². The lowest BCUT2D eigenvalue weighted by molar-refractivity contribution is -0.742. The van der Waals surface area contributed by atoms with Gasteiger partial charge in [0, 0.05) is 30.9 Å². The number of likely N-dealkylation sites (tertiary alicyclic amines) is 1. The van der Waals surface area contributed by atoms with E-state index in [4.69, 9.17) is 20.1 Å². The largest absolute Gasteiger partial charge is 0.390 e. The van der Waals surface area contributed by atoms with Gasteiger partial charge in [0.2, 0.25) is 0 Å². The number of benzene rings is 1. The third kappa shape index (κ3) is 6.40. The minimum atomic E-state index is -1.50. The Hall–Kier alpha value is -1.74. The molecule has 24 heavy (non-hydrogen) atoms. The van der Waals surface area contributed by atoms with Crippen LogP contribution in [0.2, 0.25) is 0 Å². The molecule has 0 amide bonds. The average Bonchev–Trinajstić information content (AvgIpc) is 2.95. The van der Waals surface area contributed by atoms with Crippen molar-refractivity contribution in [1.29, 1.82) is 0 Å². The van der Waals surface area contributed by atoms with E-state index in [1.54, 1.807) is 11.3 Å². The zero-order chi connectivity index (χ0) is 17.4. The molecule has 1 aliphatic heterocycles. The number of aliphatic hydroxyl groups is 1. The molecule has 1 aliphatic rings. The summed E-state index contributed by atoms with van der Waals surface area (Å²) >= 11 is 1.79. The van der Waals surface area contributed by atoms with Crippen molar-refractivity contribution in [2.75, 3.05) is 32.8 Å². The summed E-state index contributed by atoms with van der Waals surface area (Å²) in [5.74, 6) is 0. The molecular formula is C16H22N2O5S. The number of β-amino-alcohol motifs (C(OH)–C–C–N with tert-alkyl or cyclic N) is 1. The van der Waals surface area contributed by atoms with Gasteiger partial charge in [-0.2, -0.15) is 0 Å². The van der Waals surface area contributed by atoms with Gasteiger partial charge in [-0.05, 0) is 41.3 Å². The molecule has 0 atom stereocenters. The fourth-order valence-electron chi connectivity index (χ4n) is 2.58. The predicted molar refractivity (Wildman–Crippen MR) is 92.2 cm³/mol. The lowest BCUT2D eigenvalue weighted by atomic mass is 10.1. The summed E-state index contributed by atoms with van der Waals surface area (Å²) in [6.45, 7) is 4.31. The van der Waals surface area contributed by atoms with E-state index < -0.39 is 5.09 Å². The number of rotatable bonds is 7. The van der Waals surface area contributed by atoms with Crippen LogP contribution in [0.25, 0.3) is 10.1 Å². The molecular weight excluding hydrogens is 332 g/mol. The highest BCUT2D eigenvalue weighted by molar-refractivity contribution is 7.17. The summed E-state index contributed by atoms with van der Waals surface area (Å²) < 4.78 is 7.04.